The molecule has 0 spiro atoms. The highest BCUT2D eigenvalue weighted by atomic mass is 16.5. The van der Waals surface area contributed by atoms with E-state index in [1.807, 2.05) is 0 Å². The average Bonchev–Trinajstić information content (AvgIpc) is 2.68. The molecule has 25 heavy (non-hydrogen) atoms. The highest BCUT2D eigenvalue weighted by Gasteiger charge is 2.30. The molecule has 4 rings (SSSR count). The number of aryl methyl sites for hydroxylation is 1. The Balaban J connectivity index is 1.88. The van der Waals surface area contributed by atoms with Crippen molar-refractivity contribution in [2.75, 3.05) is 18.6 Å². The van der Waals surface area contributed by atoms with Gasteiger partial charge in [-0.3, -0.25) is 0 Å². The Bertz CT molecular complexity index is 872. The van der Waals surface area contributed by atoms with Gasteiger partial charge in [0.1, 0.15) is 5.75 Å². The Kier molecular flexibility index (Phi) is 4.19. The lowest BCUT2D eigenvalue weighted by Gasteiger charge is -2.40. The Hall–Kier alpha value is -2.74. The summed E-state index contributed by atoms with van der Waals surface area (Å²) in [5, 5.41) is 0. The normalized spacial score (nSPS) is 16.4. The van der Waals surface area contributed by atoms with Gasteiger partial charge in [0.25, 0.3) is 0 Å². The molecule has 3 aromatic rings. The molecule has 0 unspecified atom stereocenters. The molecule has 1 heterocycles. The van der Waals surface area contributed by atoms with Crippen molar-refractivity contribution in [2.45, 2.75) is 19.4 Å². The van der Waals surface area contributed by atoms with E-state index >= 15 is 0 Å². The Morgan fingerprint density at radius 1 is 0.880 bits per heavy atom. The number of methoxy groups -OCH3 is 1. The SMILES string of the molecule is COc1ccc2c(c1)CCN(c1ccccc1)[C@H]2c1ccccc1C. The summed E-state index contributed by atoms with van der Waals surface area (Å²) >= 11 is 0. The van der Waals surface area contributed by atoms with Crippen molar-refractivity contribution in [1.82, 2.24) is 0 Å². The van der Waals surface area contributed by atoms with Crippen molar-refractivity contribution >= 4 is 5.69 Å². The zero-order chi connectivity index (χ0) is 17.2. The van der Waals surface area contributed by atoms with Crippen LogP contribution in [0.4, 0.5) is 5.69 Å². The van der Waals surface area contributed by atoms with Crippen molar-refractivity contribution in [1.29, 1.82) is 0 Å². The van der Waals surface area contributed by atoms with Gasteiger partial charge in [-0.1, -0.05) is 48.5 Å². The molecule has 0 radical (unpaired) electrons. The summed E-state index contributed by atoms with van der Waals surface area (Å²) in [6, 6.07) is 26.2. The number of para-hydroxylation sites is 1. The molecule has 1 atom stereocenters. The van der Waals surface area contributed by atoms with Gasteiger partial charge in [0, 0.05) is 12.2 Å². The maximum absolute atomic E-state index is 5.44. The van der Waals surface area contributed by atoms with Gasteiger partial charge < -0.3 is 9.64 Å². The molecule has 0 amide bonds. The summed E-state index contributed by atoms with van der Waals surface area (Å²) in [6.45, 7) is 3.21. The Morgan fingerprint density at radius 3 is 2.40 bits per heavy atom. The first-order valence-corrected chi connectivity index (χ1v) is 8.82. The lowest BCUT2D eigenvalue weighted by molar-refractivity contribution is 0.413. The number of nitrogens with zero attached hydrogens (tertiary/aromatic N) is 1. The second-order valence-corrected chi connectivity index (χ2v) is 6.60. The predicted molar refractivity (Wildman–Crippen MR) is 104 cm³/mol. The number of hydrogen-bond donors (Lipinski definition) is 0. The molecule has 2 nitrogen and oxygen atoms in total. The zero-order valence-electron chi connectivity index (χ0n) is 14.8. The molecule has 0 fully saturated rings. The van der Waals surface area contributed by atoms with Crippen molar-refractivity contribution in [3.05, 3.63) is 95.1 Å². The minimum Gasteiger partial charge on any atom is -0.497 e. The highest BCUT2D eigenvalue weighted by Crippen LogP contribution is 2.40. The van der Waals surface area contributed by atoms with Crippen LogP contribution in [0.2, 0.25) is 0 Å². The number of benzene rings is 3. The van der Waals surface area contributed by atoms with Gasteiger partial charge in [-0.05, 0) is 59.9 Å². The van der Waals surface area contributed by atoms with Crippen LogP contribution in [-0.4, -0.2) is 13.7 Å². The van der Waals surface area contributed by atoms with E-state index in [1.54, 1.807) is 7.11 Å². The second kappa shape index (κ2) is 6.64. The van der Waals surface area contributed by atoms with Crippen LogP contribution in [0.3, 0.4) is 0 Å². The van der Waals surface area contributed by atoms with Crippen LogP contribution in [0.5, 0.6) is 5.75 Å². The summed E-state index contributed by atoms with van der Waals surface area (Å²) in [6.07, 6.45) is 1.03. The van der Waals surface area contributed by atoms with E-state index in [-0.39, 0.29) is 6.04 Å². The fourth-order valence-electron chi connectivity index (χ4n) is 3.86. The third-order valence-corrected chi connectivity index (χ3v) is 5.15. The van der Waals surface area contributed by atoms with Crippen molar-refractivity contribution in [3.8, 4) is 5.75 Å². The highest BCUT2D eigenvalue weighted by molar-refractivity contribution is 5.57. The first-order chi connectivity index (χ1) is 12.3. The van der Waals surface area contributed by atoms with E-state index in [1.165, 1.54) is 27.9 Å². The minimum absolute atomic E-state index is 0.234. The molecule has 3 aromatic carbocycles. The lowest BCUT2D eigenvalue weighted by Crippen LogP contribution is -2.36. The zero-order valence-corrected chi connectivity index (χ0v) is 14.8. The Labute approximate surface area is 149 Å². The van der Waals surface area contributed by atoms with E-state index in [4.69, 9.17) is 4.74 Å². The molecule has 126 valence electrons. The van der Waals surface area contributed by atoms with E-state index in [0.29, 0.717) is 0 Å². The first kappa shape index (κ1) is 15.8. The van der Waals surface area contributed by atoms with E-state index in [9.17, 15) is 0 Å². The molecule has 0 saturated carbocycles. The standard InChI is InChI=1S/C23H23NO/c1-17-8-6-7-11-21(17)23-22-13-12-20(25-2)16-18(22)14-15-24(23)19-9-4-3-5-10-19/h3-13,16,23H,14-15H2,1-2H3/t23-/m0/s1. The number of hydrogen-bond acceptors (Lipinski definition) is 2. The summed E-state index contributed by atoms with van der Waals surface area (Å²) in [4.78, 5) is 2.52. The number of anilines is 1. The maximum atomic E-state index is 5.44. The summed E-state index contributed by atoms with van der Waals surface area (Å²) in [7, 11) is 1.74. The molecule has 0 N–H and O–H groups in total. The van der Waals surface area contributed by atoms with Crippen molar-refractivity contribution in [2.24, 2.45) is 0 Å². The molecule has 2 heteroatoms. The molecule has 1 aliphatic rings. The van der Waals surface area contributed by atoms with Gasteiger partial charge in [0.15, 0.2) is 0 Å². The van der Waals surface area contributed by atoms with Crippen LogP contribution in [0.1, 0.15) is 28.3 Å². The topological polar surface area (TPSA) is 12.5 Å². The van der Waals surface area contributed by atoms with Crippen LogP contribution in [0, 0.1) is 6.92 Å². The molecular weight excluding hydrogens is 306 g/mol. The van der Waals surface area contributed by atoms with E-state index in [2.05, 4.69) is 84.6 Å². The number of rotatable bonds is 3. The fraction of sp³-hybridized carbons (Fsp3) is 0.217. The first-order valence-electron chi connectivity index (χ1n) is 8.82. The van der Waals surface area contributed by atoms with Gasteiger partial charge in [0.05, 0.1) is 13.2 Å². The lowest BCUT2D eigenvalue weighted by atomic mass is 9.86. The largest absolute Gasteiger partial charge is 0.497 e. The molecule has 0 bridgehead atoms. The third kappa shape index (κ3) is 2.89. The van der Waals surface area contributed by atoms with Gasteiger partial charge in [-0.25, -0.2) is 0 Å². The Morgan fingerprint density at radius 2 is 1.64 bits per heavy atom. The number of fused-ring (bicyclic) bond motifs is 1. The molecular formula is C23H23NO. The molecule has 0 saturated heterocycles. The molecule has 0 aliphatic carbocycles. The van der Waals surface area contributed by atoms with Crippen LogP contribution in [0.25, 0.3) is 0 Å². The quantitative estimate of drug-likeness (QED) is 0.658. The van der Waals surface area contributed by atoms with Gasteiger partial charge in [0.2, 0.25) is 0 Å². The van der Waals surface area contributed by atoms with Gasteiger partial charge >= 0.3 is 0 Å². The monoisotopic (exact) mass is 329 g/mol. The smallest absolute Gasteiger partial charge is 0.119 e. The van der Waals surface area contributed by atoms with Crippen molar-refractivity contribution in [3.63, 3.8) is 0 Å². The van der Waals surface area contributed by atoms with Crippen LogP contribution in [-0.2, 0) is 6.42 Å². The summed E-state index contributed by atoms with van der Waals surface area (Å²) in [5.41, 5.74) is 6.75. The van der Waals surface area contributed by atoms with Gasteiger partial charge in [-0.2, -0.15) is 0 Å². The fourth-order valence-corrected chi connectivity index (χ4v) is 3.86. The van der Waals surface area contributed by atoms with E-state index < -0.39 is 0 Å². The molecule has 0 aromatic heterocycles. The minimum atomic E-state index is 0.234. The molecule has 1 aliphatic heterocycles. The average molecular weight is 329 g/mol. The second-order valence-electron chi connectivity index (χ2n) is 6.60. The maximum Gasteiger partial charge on any atom is 0.119 e. The van der Waals surface area contributed by atoms with Gasteiger partial charge in [-0.15, -0.1) is 0 Å². The van der Waals surface area contributed by atoms with Crippen LogP contribution >= 0.6 is 0 Å². The van der Waals surface area contributed by atoms with Crippen molar-refractivity contribution < 1.29 is 4.74 Å². The summed E-state index contributed by atoms with van der Waals surface area (Å²) in [5.74, 6) is 0.940. The third-order valence-electron chi connectivity index (χ3n) is 5.15. The number of ether oxygens (including phenoxy) is 1. The summed E-state index contributed by atoms with van der Waals surface area (Å²) < 4.78 is 5.44. The van der Waals surface area contributed by atoms with Crippen LogP contribution in [0.15, 0.2) is 72.8 Å². The van der Waals surface area contributed by atoms with E-state index in [0.717, 1.165) is 18.7 Å². The van der Waals surface area contributed by atoms with Crippen LogP contribution < -0.4 is 9.64 Å². The predicted octanol–water partition coefficient (Wildman–Crippen LogP) is 5.16.